The van der Waals surface area contributed by atoms with Crippen molar-refractivity contribution in [3.63, 3.8) is 0 Å². The highest BCUT2D eigenvalue weighted by Gasteiger charge is 2.21. The van der Waals surface area contributed by atoms with E-state index in [1.807, 2.05) is 6.92 Å². The van der Waals surface area contributed by atoms with Gasteiger partial charge in [-0.15, -0.1) is 0 Å². The summed E-state index contributed by atoms with van der Waals surface area (Å²) in [5, 5.41) is 13.3. The first-order valence-corrected chi connectivity index (χ1v) is 7.88. The molecule has 0 aromatic carbocycles. The number of thioether (sulfide) groups is 1. The molecule has 22 heavy (non-hydrogen) atoms. The molecule has 0 aliphatic heterocycles. The van der Waals surface area contributed by atoms with Crippen LogP contribution in [0.5, 0.6) is 0 Å². The van der Waals surface area contributed by atoms with E-state index >= 15 is 0 Å². The summed E-state index contributed by atoms with van der Waals surface area (Å²) in [5.41, 5.74) is 0.0643. The van der Waals surface area contributed by atoms with Crippen LogP contribution in [0.1, 0.15) is 20.3 Å². The second-order valence-electron chi connectivity index (χ2n) is 4.47. The molecule has 0 aliphatic rings. The lowest BCUT2D eigenvalue weighted by Crippen LogP contribution is -2.21. The molecule has 0 bridgehead atoms. The zero-order valence-corrected chi connectivity index (χ0v) is 13.2. The Bertz CT molecular complexity index is 712. The highest BCUT2D eigenvalue weighted by molar-refractivity contribution is 8.00. The van der Waals surface area contributed by atoms with Crippen molar-refractivity contribution in [2.24, 2.45) is 0 Å². The van der Waals surface area contributed by atoms with Crippen LogP contribution in [-0.2, 0) is 16.1 Å². The Hall–Kier alpha value is -1.87. The Morgan fingerprint density at radius 3 is 2.95 bits per heavy atom. The number of esters is 1. The number of carbonyl (C=O) groups excluding carboxylic acids is 1. The van der Waals surface area contributed by atoms with Gasteiger partial charge in [0.1, 0.15) is 10.6 Å². The van der Waals surface area contributed by atoms with Crippen LogP contribution in [0.15, 0.2) is 16.1 Å². The maximum atomic E-state index is 12.0. The van der Waals surface area contributed by atoms with E-state index in [0.717, 1.165) is 11.8 Å². The van der Waals surface area contributed by atoms with Crippen molar-refractivity contribution in [2.75, 3.05) is 13.2 Å². The van der Waals surface area contributed by atoms with E-state index < -0.39 is 5.25 Å². The largest absolute Gasteiger partial charge is 0.465 e. The highest BCUT2D eigenvalue weighted by Crippen LogP contribution is 2.23. The summed E-state index contributed by atoms with van der Waals surface area (Å²) >= 11 is 1.15. The summed E-state index contributed by atoms with van der Waals surface area (Å²) in [7, 11) is 0. The minimum absolute atomic E-state index is 0.103. The molecule has 1 atom stereocenters. The predicted molar refractivity (Wildman–Crippen MR) is 81.8 cm³/mol. The maximum Gasteiger partial charge on any atom is 0.319 e. The molecule has 0 spiro atoms. The minimum atomic E-state index is -0.435. The Balaban J connectivity index is 2.33. The standard InChI is InChI=1S/C13H18N4O4S/c1-3-9(12(20)21-4-2)22-13-15-10-8(11(19)16-13)7-14-17(10)5-6-18/h7,9,18H,3-6H2,1-2H3,(H,15,16,19)/t9-/m0/s1. The monoisotopic (exact) mass is 326 g/mol. The zero-order chi connectivity index (χ0) is 16.1. The Labute approximate surface area is 130 Å². The summed E-state index contributed by atoms with van der Waals surface area (Å²) in [4.78, 5) is 30.8. The van der Waals surface area contributed by atoms with Gasteiger partial charge in [-0.2, -0.15) is 5.10 Å². The number of aromatic nitrogens is 4. The van der Waals surface area contributed by atoms with Gasteiger partial charge >= 0.3 is 5.97 Å². The van der Waals surface area contributed by atoms with Gasteiger partial charge in [0.05, 0.1) is 26.0 Å². The second-order valence-corrected chi connectivity index (χ2v) is 5.66. The Morgan fingerprint density at radius 1 is 1.55 bits per heavy atom. The predicted octanol–water partition coefficient (Wildman–Crippen LogP) is 0.546. The van der Waals surface area contributed by atoms with E-state index in [1.54, 1.807) is 6.92 Å². The van der Waals surface area contributed by atoms with Crippen molar-refractivity contribution in [3.05, 3.63) is 16.6 Å². The van der Waals surface area contributed by atoms with Crippen molar-refractivity contribution in [1.29, 1.82) is 0 Å². The SMILES string of the molecule is CCOC(=O)[C@H](CC)Sc1nc2c(cnn2CCO)c(=O)[nH]1. The first-order chi connectivity index (χ1) is 10.6. The molecule has 2 heterocycles. The average molecular weight is 326 g/mol. The maximum absolute atomic E-state index is 12.0. The molecule has 0 unspecified atom stereocenters. The van der Waals surface area contributed by atoms with Gasteiger partial charge in [0.2, 0.25) is 0 Å². The molecule has 0 saturated carbocycles. The number of aliphatic hydroxyl groups is 1. The van der Waals surface area contributed by atoms with Crippen LogP contribution >= 0.6 is 11.8 Å². The number of nitrogens with zero attached hydrogens (tertiary/aromatic N) is 3. The summed E-state index contributed by atoms with van der Waals surface area (Å²) in [5.74, 6) is -0.332. The van der Waals surface area contributed by atoms with Gasteiger partial charge in [-0.25, -0.2) is 9.67 Å². The number of fused-ring (bicyclic) bond motifs is 1. The number of rotatable bonds is 7. The lowest BCUT2D eigenvalue weighted by Gasteiger charge is -2.12. The molecule has 9 heteroatoms. The number of hydrogen-bond acceptors (Lipinski definition) is 7. The molecule has 8 nitrogen and oxygen atoms in total. The van der Waals surface area contributed by atoms with Gasteiger partial charge in [-0.3, -0.25) is 9.59 Å². The number of nitrogens with one attached hydrogen (secondary N) is 1. The van der Waals surface area contributed by atoms with Gasteiger partial charge in [-0.05, 0) is 13.3 Å². The van der Waals surface area contributed by atoms with Crippen LogP contribution in [0.25, 0.3) is 11.0 Å². The fraction of sp³-hybridized carbons (Fsp3) is 0.538. The lowest BCUT2D eigenvalue weighted by molar-refractivity contribution is -0.142. The van der Waals surface area contributed by atoms with Crippen LogP contribution in [0.2, 0.25) is 0 Å². The van der Waals surface area contributed by atoms with E-state index in [-0.39, 0.29) is 24.7 Å². The zero-order valence-electron chi connectivity index (χ0n) is 12.4. The summed E-state index contributed by atoms with van der Waals surface area (Å²) in [6, 6.07) is 0. The van der Waals surface area contributed by atoms with Crippen LogP contribution in [0.3, 0.4) is 0 Å². The highest BCUT2D eigenvalue weighted by atomic mass is 32.2. The number of carbonyl (C=O) groups is 1. The molecule has 0 saturated heterocycles. The van der Waals surface area contributed by atoms with Crippen LogP contribution in [-0.4, -0.2) is 49.3 Å². The number of hydrogen-bond donors (Lipinski definition) is 2. The van der Waals surface area contributed by atoms with E-state index in [1.165, 1.54) is 10.9 Å². The third kappa shape index (κ3) is 3.47. The average Bonchev–Trinajstić information content (AvgIpc) is 2.89. The fourth-order valence-electron chi connectivity index (χ4n) is 1.93. The van der Waals surface area contributed by atoms with Crippen molar-refractivity contribution in [2.45, 2.75) is 37.2 Å². The molecule has 2 aromatic heterocycles. The topological polar surface area (TPSA) is 110 Å². The van der Waals surface area contributed by atoms with E-state index in [9.17, 15) is 9.59 Å². The molecule has 0 radical (unpaired) electrons. The third-order valence-electron chi connectivity index (χ3n) is 2.97. The Morgan fingerprint density at radius 2 is 2.32 bits per heavy atom. The number of aliphatic hydroxyl groups excluding tert-OH is 1. The molecular weight excluding hydrogens is 308 g/mol. The summed E-state index contributed by atoms with van der Waals surface area (Å²) < 4.78 is 6.46. The quantitative estimate of drug-likeness (QED) is 0.434. The molecular formula is C13H18N4O4S. The van der Waals surface area contributed by atoms with Gasteiger partial charge in [0, 0.05) is 0 Å². The van der Waals surface area contributed by atoms with Crippen molar-refractivity contribution in [3.8, 4) is 0 Å². The van der Waals surface area contributed by atoms with Gasteiger partial charge in [-0.1, -0.05) is 18.7 Å². The Kier molecular flexibility index (Phi) is 5.56. The van der Waals surface area contributed by atoms with Gasteiger partial charge < -0.3 is 14.8 Å². The van der Waals surface area contributed by atoms with Gasteiger partial charge in [0.25, 0.3) is 5.56 Å². The first kappa shape index (κ1) is 16.5. The molecule has 2 rings (SSSR count). The van der Waals surface area contributed by atoms with E-state index in [0.29, 0.717) is 29.2 Å². The van der Waals surface area contributed by atoms with Crippen LogP contribution < -0.4 is 5.56 Å². The molecule has 2 N–H and O–H groups in total. The van der Waals surface area contributed by atoms with Gasteiger partial charge in [0.15, 0.2) is 10.8 Å². The normalized spacial score (nSPS) is 12.5. The fourth-order valence-corrected chi connectivity index (χ4v) is 2.82. The summed E-state index contributed by atoms with van der Waals surface area (Å²) in [6.07, 6.45) is 1.97. The molecule has 0 fully saturated rings. The van der Waals surface area contributed by atoms with E-state index in [4.69, 9.17) is 9.84 Å². The van der Waals surface area contributed by atoms with Crippen molar-refractivity contribution < 1.29 is 14.6 Å². The smallest absolute Gasteiger partial charge is 0.319 e. The number of H-pyrrole nitrogens is 1. The summed E-state index contributed by atoms with van der Waals surface area (Å²) in [6.45, 7) is 4.06. The molecule has 2 aromatic rings. The molecule has 120 valence electrons. The number of ether oxygens (including phenoxy) is 1. The van der Waals surface area contributed by atoms with E-state index in [2.05, 4.69) is 15.1 Å². The number of aromatic amines is 1. The van der Waals surface area contributed by atoms with Crippen LogP contribution in [0.4, 0.5) is 0 Å². The van der Waals surface area contributed by atoms with Crippen molar-refractivity contribution in [1.82, 2.24) is 19.7 Å². The lowest BCUT2D eigenvalue weighted by atomic mass is 10.3. The third-order valence-corrected chi connectivity index (χ3v) is 4.20. The first-order valence-electron chi connectivity index (χ1n) is 7.00. The minimum Gasteiger partial charge on any atom is -0.465 e. The second kappa shape index (κ2) is 7.41. The van der Waals surface area contributed by atoms with Crippen LogP contribution in [0, 0.1) is 0 Å². The van der Waals surface area contributed by atoms with Crippen molar-refractivity contribution >= 4 is 28.8 Å². The molecule has 0 amide bonds. The molecule has 0 aliphatic carbocycles.